The molecule has 0 fully saturated rings. The highest BCUT2D eigenvalue weighted by molar-refractivity contribution is 6.01. The number of ether oxygens (including phenoxy) is 1. The predicted octanol–water partition coefficient (Wildman–Crippen LogP) is 4.46. The lowest BCUT2D eigenvalue weighted by atomic mass is 9.99. The van der Waals surface area contributed by atoms with E-state index in [9.17, 15) is 9.59 Å². The molecular weight excluding hydrogens is 364 g/mol. The maximum absolute atomic E-state index is 12.7. The molecule has 29 heavy (non-hydrogen) atoms. The van der Waals surface area contributed by atoms with Crippen molar-refractivity contribution in [1.29, 1.82) is 0 Å². The molecule has 3 aromatic rings. The standard InChI is InChI=1S/C24H26N2O3/c1-15-11-12-16(2)21(13-15)24(28)19(5)29-23(27)14-22-17(3)25-26(18(22)4)20-9-7-6-8-10-20/h6-13,19H,14H2,1-5H3/t19-/m0/s1. The molecule has 5 heteroatoms. The third-order valence-electron chi connectivity index (χ3n) is 5.10. The summed E-state index contributed by atoms with van der Waals surface area (Å²) in [7, 11) is 0. The molecule has 5 nitrogen and oxygen atoms in total. The zero-order valence-electron chi connectivity index (χ0n) is 17.5. The SMILES string of the molecule is Cc1ccc(C)c(C(=O)[C@H](C)OC(=O)Cc2c(C)nn(-c3ccccc3)c2C)c1. The summed E-state index contributed by atoms with van der Waals surface area (Å²) in [6, 6.07) is 15.5. The minimum absolute atomic E-state index is 0.0783. The van der Waals surface area contributed by atoms with Crippen LogP contribution in [0, 0.1) is 27.7 Å². The molecule has 0 radical (unpaired) electrons. The highest BCUT2D eigenvalue weighted by Crippen LogP contribution is 2.20. The van der Waals surface area contributed by atoms with E-state index in [1.165, 1.54) is 0 Å². The average Bonchev–Trinajstić information content (AvgIpc) is 2.98. The van der Waals surface area contributed by atoms with E-state index in [0.717, 1.165) is 33.8 Å². The number of aromatic nitrogens is 2. The molecule has 150 valence electrons. The zero-order chi connectivity index (χ0) is 21.1. The Morgan fingerprint density at radius 2 is 1.72 bits per heavy atom. The maximum atomic E-state index is 12.7. The van der Waals surface area contributed by atoms with Crippen LogP contribution in [-0.4, -0.2) is 27.6 Å². The first-order valence-corrected chi connectivity index (χ1v) is 9.69. The van der Waals surface area contributed by atoms with E-state index in [-0.39, 0.29) is 12.2 Å². The van der Waals surface area contributed by atoms with Gasteiger partial charge < -0.3 is 4.74 Å². The van der Waals surface area contributed by atoms with Crippen molar-refractivity contribution in [3.8, 4) is 5.69 Å². The van der Waals surface area contributed by atoms with Gasteiger partial charge in [-0.15, -0.1) is 0 Å². The van der Waals surface area contributed by atoms with Crippen LogP contribution in [0.25, 0.3) is 5.69 Å². The van der Waals surface area contributed by atoms with E-state index in [1.54, 1.807) is 6.92 Å². The van der Waals surface area contributed by atoms with Crippen LogP contribution in [0.5, 0.6) is 0 Å². The fourth-order valence-electron chi connectivity index (χ4n) is 3.41. The van der Waals surface area contributed by atoms with Gasteiger partial charge in [-0.25, -0.2) is 4.68 Å². The summed E-state index contributed by atoms with van der Waals surface area (Å²) in [5.41, 5.74) is 5.89. The van der Waals surface area contributed by atoms with Gasteiger partial charge in [0.25, 0.3) is 0 Å². The normalized spacial score (nSPS) is 11.9. The van der Waals surface area contributed by atoms with Crippen LogP contribution >= 0.6 is 0 Å². The third-order valence-corrected chi connectivity index (χ3v) is 5.10. The number of ketones is 1. The molecule has 0 saturated carbocycles. The average molecular weight is 390 g/mol. The molecular formula is C24H26N2O3. The van der Waals surface area contributed by atoms with Crippen molar-refractivity contribution in [2.24, 2.45) is 0 Å². The van der Waals surface area contributed by atoms with Crippen LogP contribution in [0.1, 0.15) is 45.4 Å². The Morgan fingerprint density at radius 1 is 1.03 bits per heavy atom. The van der Waals surface area contributed by atoms with Gasteiger partial charge in [0.15, 0.2) is 6.10 Å². The smallest absolute Gasteiger partial charge is 0.311 e. The molecule has 0 unspecified atom stereocenters. The van der Waals surface area contributed by atoms with Gasteiger partial charge in [0.05, 0.1) is 17.8 Å². The lowest BCUT2D eigenvalue weighted by Gasteiger charge is -2.14. The fourth-order valence-corrected chi connectivity index (χ4v) is 3.41. The minimum atomic E-state index is -0.840. The molecule has 0 saturated heterocycles. The Morgan fingerprint density at radius 3 is 2.41 bits per heavy atom. The highest BCUT2D eigenvalue weighted by Gasteiger charge is 2.23. The Balaban J connectivity index is 1.73. The number of carbonyl (C=O) groups excluding carboxylic acids is 2. The number of benzene rings is 2. The van der Waals surface area contributed by atoms with E-state index in [0.29, 0.717) is 5.56 Å². The Bertz CT molecular complexity index is 1050. The highest BCUT2D eigenvalue weighted by atomic mass is 16.5. The summed E-state index contributed by atoms with van der Waals surface area (Å²) in [5, 5.41) is 4.56. The number of Topliss-reactive ketones (excluding diaryl/α,β-unsaturated/α-hetero) is 1. The molecule has 0 aliphatic rings. The van der Waals surface area contributed by atoms with Crippen molar-refractivity contribution in [2.75, 3.05) is 0 Å². The molecule has 1 atom stereocenters. The summed E-state index contributed by atoms with van der Waals surface area (Å²) in [4.78, 5) is 25.3. The molecule has 0 amide bonds. The van der Waals surface area contributed by atoms with E-state index < -0.39 is 12.1 Å². The van der Waals surface area contributed by atoms with Gasteiger partial charge in [0.2, 0.25) is 5.78 Å². The Hall–Kier alpha value is -3.21. The molecule has 3 rings (SSSR count). The molecule has 0 spiro atoms. The van der Waals surface area contributed by atoms with Crippen LogP contribution in [0.3, 0.4) is 0 Å². The Kier molecular flexibility index (Phi) is 5.97. The van der Waals surface area contributed by atoms with Crippen molar-refractivity contribution in [3.63, 3.8) is 0 Å². The van der Waals surface area contributed by atoms with E-state index >= 15 is 0 Å². The number of rotatable bonds is 6. The van der Waals surface area contributed by atoms with Crippen molar-refractivity contribution in [3.05, 3.63) is 82.2 Å². The fraction of sp³-hybridized carbons (Fsp3) is 0.292. The van der Waals surface area contributed by atoms with Crippen LogP contribution in [-0.2, 0) is 16.0 Å². The first-order chi connectivity index (χ1) is 13.8. The number of para-hydroxylation sites is 1. The second-order valence-corrected chi connectivity index (χ2v) is 7.39. The number of aryl methyl sites for hydroxylation is 3. The van der Waals surface area contributed by atoms with Gasteiger partial charge in [-0.1, -0.05) is 35.9 Å². The lowest BCUT2D eigenvalue weighted by Crippen LogP contribution is -2.26. The topological polar surface area (TPSA) is 61.2 Å². The van der Waals surface area contributed by atoms with Crippen LogP contribution in [0.4, 0.5) is 0 Å². The number of hydrogen-bond donors (Lipinski definition) is 0. The van der Waals surface area contributed by atoms with Gasteiger partial charge >= 0.3 is 5.97 Å². The Labute approximate surface area is 171 Å². The van der Waals surface area contributed by atoms with Gasteiger partial charge in [-0.2, -0.15) is 5.10 Å². The van der Waals surface area contributed by atoms with Crippen molar-refractivity contribution >= 4 is 11.8 Å². The molecule has 0 aliphatic carbocycles. The quantitative estimate of drug-likeness (QED) is 0.460. The van der Waals surface area contributed by atoms with E-state index in [4.69, 9.17) is 4.74 Å². The maximum Gasteiger partial charge on any atom is 0.311 e. The summed E-state index contributed by atoms with van der Waals surface area (Å²) in [6.45, 7) is 9.24. The van der Waals surface area contributed by atoms with Gasteiger partial charge in [0.1, 0.15) is 0 Å². The second-order valence-electron chi connectivity index (χ2n) is 7.39. The van der Waals surface area contributed by atoms with Gasteiger partial charge in [0, 0.05) is 16.8 Å². The summed E-state index contributed by atoms with van der Waals surface area (Å²) < 4.78 is 7.29. The molecule has 1 aromatic heterocycles. The van der Waals surface area contributed by atoms with Gasteiger partial charge in [-0.3, -0.25) is 9.59 Å². The summed E-state index contributed by atoms with van der Waals surface area (Å²) in [5.74, 6) is -0.622. The van der Waals surface area contributed by atoms with Crippen LogP contribution in [0.2, 0.25) is 0 Å². The first-order valence-electron chi connectivity index (χ1n) is 9.69. The number of carbonyl (C=O) groups is 2. The van der Waals surface area contributed by atoms with E-state index in [2.05, 4.69) is 5.10 Å². The second kappa shape index (κ2) is 8.43. The number of hydrogen-bond acceptors (Lipinski definition) is 4. The molecule has 2 aromatic carbocycles. The zero-order valence-corrected chi connectivity index (χ0v) is 17.5. The monoisotopic (exact) mass is 390 g/mol. The lowest BCUT2D eigenvalue weighted by molar-refractivity contribution is -0.145. The van der Waals surface area contributed by atoms with E-state index in [1.807, 2.05) is 80.9 Å². The van der Waals surface area contributed by atoms with Crippen LogP contribution in [0.15, 0.2) is 48.5 Å². The summed E-state index contributed by atoms with van der Waals surface area (Å²) in [6.07, 6.45) is -0.762. The first kappa shape index (κ1) is 20.5. The molecule has 1 heterocycles. The number of nitrogens with zero attached hydrogens (tertiary/aromatic N) is 2. The van der Waals surface area contributed by atoms with Crippen molar-refractivity contribution in [2.45, 2.75) is 47.1 Å². The largest absolute Gasteiger partial charge is 0.454 e. The number of esters is 1. The van der Waals surface area contributed by atoms with Crippen molar-refractivity contribution < 1.29 is 14.3 Å². The summed E-state index contributed by atoms with van der Waals surface area (Å²) >= 11 is 0. The molecule has 0 N–H and O–H groups in total. The van der Waals surface area contributed by atoms with Gasteiger partial charge in [-0.05, 0) is 58.4 Å². The predicted molar refractivity (Wildman–Crippen MR) is 113 cm³/mol. The third kappa shape index (κ3) is 4.45. The van der Waals surface area contributed by atoms with Crippen molar-refractivity contribution in [1.82, 2.24) is 9.78 Å². The molecule has 0 bridgehead atoms. The molecule has 0 aliphatic heterocycles. The minimum Gasteiger partial charge on any atom is -0.454 e. The van der Waals surface area contributed by atoms with Crippen LogP contribution < -0.4 is 0 Å².